The van der Waals surface area contributed by atoms with Crippen molar-refractivity contribution in [3.63, 3.8) is 0 Å². The van der Waals surface area contributed by atoms with Crippen LogP contribution in [0.25, 0.3) is 0 Å². The highest BCUT2D eigenvalue weighted by Crippen LogP contribution is 2.23. The van der Waals surface area contributed by atoms with E-state index < -0.39 is 0 Å². The Morgan fingerprint density at radius 3 is 2.20 bits per heavy atom. The Kier molecular flexibility index (Phi) is 9.96. The second-order valence-corrected chi connectivity index (χ2v) is 6.00. The number of carbonyl (C=O) groups excluding carboxylic acids is 1. The van der Waals surface area contributed by atoms with Gasteiger partial charge in [0.1, 0.15) is 11.5 Å². The monoisotopic (exact) mass is 354 g/mol. The lowest BCUT2D eigenvalue weighted by Gasteiger charge is -2.17. The van der Waals surface area contributed by atoms with Crippen LogP contribution in [-0.4, -0.2) is 51.2 Å². The molecule has 0 spiro atoms. The van der Waals surface area contributed by atoms with Crippen molar-refractivity contribution in [1.29, 1.82) is 0 Å². The fourth-order valence-electron chi connectivity index (χ4n) is 2.62. The van der Waals surface area contributed by atoms with Gasteiger partial charge in [-0.05, 0) is 50.3 Å². The SMILES string of the molecule is COc1cc(CC(=O)O[C@@H](C)CCC[C@H](CCO)OC)cc(OC)c1. The van der Waals surface area contributed by atoms with Crippen LogP contribution in [0.1, 0.15) is 38.2 Å². The first-order valence-electron chi connectivity index (χ1n) is 8.57. The number of hydrogen-bond acceptors (Lipinski definition) is 6. The third-order valence-corrected chi connectivity index (χ3v) is 4.01. The Bertz CT molecular complexity index is 494. The summed E-state index contributed by atoms with van der Waals surface area (Å²) in [7, 11) is 4.79. The van der Waals surface area contributed by atoms with Crippen molar-refractivity contribution < 1.29 is 28.8 Å². The van der Waals surface area contributed by atoms with Crippen LogP contribution in [0, 0.1) is 0 Å². The van der Waals surface area contributed by atoms with E-state index in [0.29, 0.717) is 17.9 Å². The first-order valence-corrected chi connectivity index (χ1v) is 8.57. The summed E-state index contributed by atoms with van der Waals surface area (Å²) >= 11 is 0. The molecule has 1 aromatic rings. The molecule has 1 aromatic carbocycles. The van der Waals surface area contributed by atoms with Gasteiger partial charge in [-0.1, -0.05) is 0 Å². The number of aliphatic hydroxyl groups is 1. The van der Waals surface area contributed by atoms with Crippen LogP contribution in [0.2, 0.25) is 0 Å². The third-order valence-electron chi connectivity index (χ3n) is 4.01. The Balaban J connectivity index is 2.43. The summed E-state index contributed by atoms with van der Waals surface area (Å²) < 4.78 is 21.2. The average molecular weight is 354 g/mol. The summed E-state index contributed by atoms with van der Waals surface area (Å²) in [6.45, 7) is 2.00. The Labute approximate surface area is 150 Å². The fourth-order valence-corrected chi connectivity index (χ4v) is 2.62. The zero-order chi connectivity index (χ0) is 18.7. The minimum absolute atomic E-state index is 0.0529. The molecular weight excluding hydrogens is 324 g/mol. The number of aliphatic hydroxyl groups excluding tert-OH is 1. The van der Waals surface area contributed by atoms with Gasteiger partial charge in [-0.25, -0.2) is 0 Å². The van der Waals surface area contributed by atoms with Crippen molar-refractivity contribution in [3.05, 3.63) is 23.8 Å². The number of rotatable bonds is 12. The van der Waals surface area contributed by atoms with E-state index in [1.807, 2.05) is 6.92 Å². The molecule has 0 bridgehead atoms. The summed E-state index contributed by atoms with van der Waals surface area (Å²) in [5.41, 5.74) is 0.788. The van der Waals surface area contributed by atoms with E-state index in [2.05, 4.69) is 0 Å². The largest absolute Gasteiger partial charge is 0.497 e. The second kappa shape index (κ2) is 11.7. The summed E-state index contributed by atoms with van der Waals surface area (Å²) in [5, 5.41) is 8.94. The van der Waals surface area contributed by atoms with Crippen LogP contribution in [0.3, 0.4) is 0 Å². The third kappa shape index (κ3) is 8.23. The molecule has 0 radical (unpaired) electrons. The Morgan fingerprint density at radius 1 is 1.04 bits per heavy atom. The molecule has 0 saturated carbocycles. The van der Waals surface area contributed by atoms with Gasteiger partial charge < -0.3 is 24.1 Å². The molecule has 0 unspecified atom stereocenters. The van der Waals surface area contributed by atoms with E-state index in [1.165, 1.54) is 0 Å². The molecule has 0 aliphatic heterocycles. The molecule has 1 N–H and O–H groups in total. The number of methoxy groups -OCH3 is 3. The van der Waals surface area contributed by atoms with Crippen molar-refractivity contribution in [1.82, 2.24) is 0 Å². The molecule has 142 valence electrons. The molecule has 1 rings (SSSR count). The normalized spacial score (nSPS) is 13.2. The second-order valence-electron chi connectivity index (χ2n) is 6.00. The van der Waals surface area contributed by atoms with Crippen molar-refractivity contribution in [2.75, 3.05) is 27.9 Å². The van der Waals surface area contributed by atoms with Crippen LogP contribution in [-0.2, 0) is 20.7 Å². The van der Waals surface area contributed by atoms with Crippen LogP contribution in [0.5, 0.6) is 11.5 Å². The number of benzene rings is 1. The van der Waals surface area contributed by atoms with Crippen LogP contribution < -0.4 is 9.47 Å². The van der Waals surface area contributed by atoms with Crippen molar-refractivity contribution in [2.45, 2.75) is 51.2 Å². The summed E-state index contributed by atoms with van der Waals surface area (Å²) in [4.78, 5) is 12.1. The highest BCUT2D eigenvalue weighted by atomic mass is 16.5. The molecule has 0 aliphatic rings. The smallest absolute Gasteiger partial charge is 0.310 e. The van der Waals surface area contributed by atoms with Crippen molar-refractivity contribution in [3.8, 4) is 11.5 Å². The minimum atomic E-state index is -0.276. The van der Waals surface area contributed by atoms with Crippen LogP contribution in [0.4, 0.5) is 0 Å². The molecule has 0 heterocycles. The average Bonchev–Trinajstić information content (AvgIpc) is 2.60. The predicted octanol–water partition coefficient (Wildman–Crippen LogP) is 2.75. The van der Waals surface area contributed by atoms with E-state index >= 15 is 0 Å². The molecule has 2 atom stereocenters. The van der Waals surface area contributed by atoms with Gasteiger partial charge in [-0.2, -0.15) is 0 Å². The summed E-state index contributed by atoms with van der Waals surface area (Å²) in [5.74, 6) is 1.01. The zero-order valence-corrected chi connectivity index (χ0v) is 15.6. The number of hydrogen-bond donors (Lipinski definition) is 1. The van der Waals surface area contributed by atoms with Gasteiger partial charge in [-0.3, -0.25) is 4.79 Å². The number of carbonyl (C=O) groups is 1. The van der Waals surface area contributed by atoms with Crippen molar-refractivity contribution in [2.24, 2.45) is 0 Å². The van der Waals surface area contributed by atoms with E-state index in [9.17, 15) is 4.79 Å². The zero-order valence-electron chi connectivity index (χ0n) is 15.6. The van der Waals surface area contributed by atoms with Gasteiger partial charge in [0.05, 0.1) is 32.8 Å². The maximum absolute atomic E-state index is 12.1. The number of ether oxygens (including phenoxy) is 4. The molecule has 6 nitrogen and oxygen atoms in total. The molecule has 0 aromatic heterocycles. The van der Waals surface area contributed by atoms with E-state index in [1.54, 1.807) is 39.5 Å². The highest BCUT2D eigenvalue weighted by Gasteiger charge is 2.13. The van der Waals surface area contributed by atoms with E-state index in [4.69, 9.17) is 24.1 Å². The quantitative estimate of drug-likeness (QED) is 0.582. The van der Waals surface area contributed by atoms with Crippen LogP contribution >= 0.6 is 0 Å². The van der Waals surface area contributed by atoms with Crippen molar-refractivity contribution >= 4 is 5.97 Å². The first kappa shape index (κ1) is 21.3. The predicted molar refractivity (Wildman–Crippen MR) is 95.2 cm³/mol. The standard InChI is InChI=1S/C19H30O6/c1-14(6-5-7-16(22-2)8-9-20)25-19(21)12-15-10-17(23-3)13-18(11-15)24-4/h10-11,13-14,16,20H,5-9,12H2,1-4H3/t14-,16+/m0/s1. The van der Waals surface area contributed by atoms with Gasteiger partial charge in [0.2, 0.25) is 0 Å². The summed E-state index contributed by atoms with van der Waals surface area (Å²) in [6, 6.07) is 5.36. The van der Waals surface area contributed by atoms with Gasteiger partial charge >= 0.3 is 5.97 Å². The molecule has 0 fully saturated rings. The van der Waals surface area contributed by atoms with Gasteiger partial charge in [-0.15, -0.1) is 0 Å². The lowest BCUT2D eigenvalue weighted by Crippen LogP contribution is -2.18. The summed E-state index contributed by atoms with van der Waals surface area (Å²) in [6.07, 6.45) is 3.17. The maximum atomic E-state index is 12.1. The Morgan fingerprint density at radius 2 is 1.68 bits per heavy atom. The molecule has 0 amide bonds. The topological polar surface area (TPSA) is 74.2 Å². The molecular formula is C19H30O6. The molecule has 0 aliphatic carbocycles. The molecule has 0 saturated heterocycles. The minimum Gasteiger partial charge on any atom is -0.497 e. The number of esters is 1. The van der Waals surface area contributed by atoms with Gasteiger partial charge in [0, 0.05) is 19.8 Å². The lowest BCUT2D eigenvalue weighted by molar-refractivity contribution is -0.147. The fraction of sp³-hybridized carbons (Fsp3) is 0.632. The van der Waals surface area contributed by atoms with Gasteiger partial charge in [0.25, 0.3) is 0 Å². The lowest BCUT2D eigenvalue weighted by atomic mass is 10.1. The van der Waals surface area contributed by atoms with Gasteiger partial charge in [0.15, 0.2) is 0 Å². The van der Waals surface area contributed by atoms with E-state index in [-0.39, 0.29) is 31.2 Å². The molecule has 25 heavy (non-hydrogen) atoms. The van der Waals surface area contributed by atoms with Crippen LogP contribution in [0.15, 0.2) is 18.2 Å². The Hall–Kier alpha value is -1.79. The molecule has 6 heteroatoms. The maximum Gasteiger partial charge on any atom is 0.310 e. The highest BCUT2D eigenvalue weighted by molar-refractivity contribution is 5.73. The first-order chi connectivity index (χ1) is 12.0. The van der Waals surface area contributed by atoms with E-state index in [0.717, 1.165) is 24.8 Å².